The van der Waals surface area contributed by atoms with Gasteiger partial charge in [-0.25, -0.2) is 0 Å². The van der Waals surface area contributed by atoms with Crippen molar-refractivity contribution in [1.29, 1.82) is 0 Å². The molecule has 0 spiro atoms. The Bertz CT molecular complexity index is 2630. The van der Waals surface area contributed by atoms with Gasteiger partial charge in [-0.2, -0.15) is 12.1 Å². The van der Waals surface area contributed by atoms with E-state index in [1.807, 2.05) is 0 Å². The predicted molar refractivity (Wildman–Crippen MR) is 296 cm³/mol. The maximum Gasteiger partial charge on any atom is 4.00 e. The normalized spacial score (nSPS) is 12.5. The fourth-order valence-electron chi connectivity index (χ4n) is 9.31. The Hall–Kier alpha value is -3.72. The molecule has 328 valence electrons. The molecule has 0 fully saturated rings. The van der Waals surface area contributed by atoms with Crippen LogP contribution in [0, 0.1) is 28.7 Å². The van der Waals surface area contributed by atoms with Crippen LogP contribution in [-0.4, -0.2) is 32.3 Å². The topological polar surface area (TPSA) is 0 Å². The molecule has 0 aromatic heterocycles. The summed E-state index contributed by atoms with van der Waals surface area (Å²) in [5, 5.41) is 11.4. The van der Waals surface area contributed by atoms with Gasteiger partial charge in [-0.3, -0.25) is 0 Å². The molecule has 0 amide bonds. The van der Waals surface area contributed by atoms with Gasteiger partial charge in [0.2, 0.25) is 0 Å². The molecule has 8 aromatic rings. The molecular formula is C59H72HfSi4. The number of hydrogen-bond donors (Lipinski definition) is 0. The average Bonchev–Trinajstić information content (AvgIpc) is 3.83. The van der Waals surface area contributed by atoms with Crippen molar-refractivity contribution in [2.45, 2.75) is 97.8 Å². The molecule has 0 unspecified atom stereocenters. The van der Waals surface area contributed by atoms with E-state index in [-0.39, 0.29) is 40.7 Å². The first-order valence-corrected chi connectivity index (χ1v) is 36.4. The summed E-state index contributed by atoms with van der Waals surface area (Å²) in [6.07, 6.45) is 0. The molecule has 0 saturated heterocycles. The number of benzene rings is 6. The van der Waals surface area contributed by atoms with E-state index in [9.17, 15) is 0 Å². The second kappa shape index (κ2) is 18.5. The Morgan fingerprint density at radius 2 is 0.672 bits per heavy atom. The van der Waals surface area contributed by atoms with Crippen molar-refractivity contribution < 1.29 is 25.8 Å². The summed E-state index contributed by atoms with van der Waals surface area (Å²) in [6.45, 7) is 34.3. The van der Waals surface area contributed by atoms with Gasteiger partial charge in [-0.15, -0.1) is 69.1 Å². The van der Waals surface area contributed by atoms with Crippen molar-refractivity contribution in [2.24, 2.45) is 0 Å². The van der Waals surface area contributed by atoms with Crippen molar-refractivity contribution in [3.05, 3.63) is 194 Å². The van der Waals surface area contributed by atoms with Gasteiger partial charge >= 0.3 is 25.8 Å². The van der Waals surface area contributed by atoms with E-state index in [0.717, 1.165) is 0 Å². The zero-order valence-electron chi connectivity index (χ0n) is 41.9. The Balaban J connectivity index is 0.00000257. The van der Waals surface area contributed by atoms with Crippen molar-refractivity contribution in [3.63, 3.8) is 0 Å². The smallest absolute Gasteiger partial charge is 0.358 e. The number of hydrogen-bond acceptors (Lipinski definition) is 0. The molecule has 0 N–H and O–H groups in total. The van der Waals surface area contributed by atoms with E-state index >= 15 is 0 Å². The van der Waals surface area contributed by atoms with Gasteiger partial charge in [0.05, 0.1) is 32.3 Å². The van der Waals surface area contributed by atoms with Crippen LogP contribution in [0.4, 0.5) is 0 Å². The third-order valence-corrected chi connectivity index (χ3v) is 21.4. The van der Waals surface area contributed by atoms with Crippen LogP contribution < -0.4 is 20.7 Å². The fraction of sp³-hybridized carbons (Fsp3) is 0.254. The SMILES string of the molecule is Cc1ccc(C(c2ccc(C)cc2)(c2cc3c(-c4cc([Si](C)(C)C)cc([Si](C)(C)C)c4)cccc3[cH-]2)c2cc3c(-c4cc([Si](C)(C)C)cc([Si](C)(C)C)c4)cccc3[cH-]2)cc1.[CH3-].[CH3-].[Hf+4]. The zero-order valence-corrected chi connectivity index (χ0v) is 49.4. The second-order valence-corrected chi connectivity index (χ2v) is 42.5. The maximum absolute atomic E-state index is 2.56. The summed E-state index contributed by atoms with van der Waals surface area (Å²) in [5.41, 5.74) is 12.6. The number of aryl methyl sites for hydroxylation is 2. The molecule has 0 saturated carbocycles. The molecule has 0 heterocycles. The van der Waals surface area contributed by atoms with Crippen molar-refractivity contribution in [3.8, 4) is 22.3 Å². The van der Waals surface area contributed by atoms with E-state index in [1.54, 1.807) is 20.7 Å². The molecule has 8 aromatic carbocycles. The largest absolute Gasteiger partial charge is 4.00 e. The summed E-state index contributed by atoms with van der Waals surface area (Å²) in [7, 11) is -6.35. The fourth-order valence-corrected chi connectivity index (χ4v) is 14.3. The van der Waals surface area contributed by atoms with Crippen LogP contribution in [0.2, 0.25) is 78.6 Å². The summed E-state index contributed by atoms with van der Waals surface area (Å²) < 4.78 is 0. The van der Waals surface area contributed by atoms with E-state index in [1.165, 1.54) is 77.2 Å². The van der Waals surface area contributed by atoms with Crippen LogP contribution in [0.3, 0.4) is 0 Å². The Morgan fingerprint density at radius 1 is 0.375 bits per heavy atom. The second-order valence-electron chi connectivity index (χ2n) is 22.2. The maximum atomic E-state index is 2.56. The van der Waals surface area contributed by atoms with E-state index in [4.69, 9.17) is 0 Å². The van der Waals surface area contributed by atoms with E-state index < -0.39 is 37.7 Å². The Morgan fingerprint density at radius 3 is 0.953 bits per heavy atom. The van der Waals surface area contributed by atoms with Crippen molar-refractivity contribution >= 4 is 74.6 Å². The van der Waals surface area contributed by atoms with Crippen LogP contribution in [-0.2, 0) is 31.3 Å². The quantitative estimate of drug-likeness (QED) is 0.0946. The van der Waals surface area contributed by atoms with Gasteiger partial charge in [0.25, 0.3) is 0 Å². The number of fused-ring (bicyclic) bond motifs is 2. The standard InChI is InChI=1S/C57H66Si4.2CH3.Hf/c1-39-21-25-45(26-22-39)57(46-27-23-40(2)24-28-46,47-29-41-17-15-19-53(55(41)35-47)43-31-49(58(3,4)5)37-50(32-43)59(6,7)8)48-30-42-18-16-20-54(56(42)36-48)44-33-51(60(9,10)11)38-52(34-44)61(12,13)14;;;/h15-38H,1-14H3;2*1H3;/q-2;2*-1;+4. The third-order valence-electron chi connectivity index (χ3n) is 13.3. The molecule has 64 heavy (non-hydrogen) atoms. The van der Waals surface area contributed by atoms with Gasteiger partial charge in [0.1, 0.15) is 0 Å². The minimum Gasteiger partial charge on any atom is -0.358 e. The average molecular weight is 1070 g/mol. The van der Waals surface area contributed by atoms with Gasteiger partial charge in [0.15, 0.2) is 0 Å². The van der Waals surface area contributed by atoms with Crippen LogP contribution in [0.15, 0.2) is 146 Å². The van der Waals surface area contributed by atoms with Gasteiger partial charge in [-0.1, -0.05) is 219 Å². The predicted octanol–water partition coefficient (Wildman–Crippen LogP) is 14.8. The third kappa shape index (κ3) is 9.72. The zero-order chi connectivity index (χ0) is 43.9. The minimum atomic E-state index is -1.59. The van der Waals surface area contributed by atoms with Crippen LogP contribution >= 0.6 is 0 Å². The Kier molecular flexibility index (Phi) is 14.8. The molecule has 0 radical (unpaired) electrons. The molecule has 0 aliphatic carbocycles. The monoisotopic (exact) mass is 1070 g/mol. The molecule has 0 aliphatic rings. The van der Waals surface area contributed by atoms with Crippen LogP contribution in [0.25, 0.3) is 43.8 Å². The summed E-state index contributed by atoms with van der Waals surface area (Å²) in [6, 6.07) is 58.1. The molecule has 0 nitrogen and oxygen atoms in total. The first kappa shape index (κ1) is 51.3. The van der Waals surface area contributed by atoms with Crippen LogP contribution in [0.5, 0.6) is 0 Å². The summed E-state index contributed by atoms with van der Waals surface area (Å²) in [4.78, 5) is 0. The van der Waals surface area contributed by atoms with E-state index in [0.29, 0.717) is 0 Å². The van der Waals surface area contributed by atoms with Crippen molar-refractivity contribution in [1.82, 2.24) is 0 Å². The van der Waals surface area contributed by atoms with Gasteiger partial charge in [-0.05, 0) is 36.1 Å². The van der Waals surface area contributed by atoms with E-state index in [2.05, 4.69) is 238 Å². The first-order chi connectivity index (χ1) is 28.5. The first-order valence-electron chi connectivity index (χ1n) is 22.4. The Labute approximate surface area is 411 Å². The van der Waals surface area contributed by atoms with Gasteiger partial charge < -0.3 is 14.9 Å². The summed E-state index contributed by atoms with van der Waals surface area (Å²) >= 11 is 0. The number of rotatable bonds is 10. The van der Waals surface area contributed by atoms with Crippen molar-refractivity contribution in [2.75, 3.05) is 0 Å². The van der Waals surface area contributed by atoms with Gasteiger partial charge in [0, 0.05) is 5.41 Å². The molecule has 0 bridgehead atoms. The molecule has 0 atom stereocenters. The molecule has 8 rings (SSSR count). The van der Waals surface area contributed by atoms with Crippen LogP contribution in [0.1, 0.15) is 33.4 Å². The summed E-state index contributed by atoms with van der Waals surface area (Å²) in [5.74, 6) is 0. The molecule has 0 aliphatic heterocycles. The molecular weight excluding hydrogens is 999 g/mol. The minimum absolute atomic E-state index is 0. The molecule has 5 heteroatoms.